The molecule has 1 amide bonds. The first-order valence-electron chi connectivity index (χ1n) is 9.25. The largest absolute Gasteiger partial charge is 0.493 e. The summed E-state index contributed by atoms with van der Waals surface area (Å²) in [7, 11) is 1.46. The maximum absolute atomic E-state index is 12.8. The molecule has 2 rings (SSSR count). The molecule has 0 atom stereocenters. The van der Waals surface area contributed by atoms with Gasteiger partial charge in [0.25, 0.3) is 5.91 Å². The Labute approximate surface area is 184 Å². The Bertz CT molecular complexity index is 994. The van der Waals surface area contributed by atoms with Crippen LogP contribution in [-0.4, -0.2) is 32.2 Å². The van der Waals surface area contributed by atoms with Crippen LogP contribution in [0.15, 0.2) is 12.1 Å². The molecule has 0 aliphatic heterocycles. The molecule has 0 aliphatic carbocycles. The van der Waals surface area contributed by atoms with Gasteiger partial charge in [0.15, 0.2) is 11.5 Å². The van der Waals surface area contributed by atoms with Crippen LogP contribution in [0.3, 0.4) is 0 Å². The Morgan fingerprint density at radius 3 is 2.60 bits per heavy atom. The van der Waals surface area contributed by atoms with Crippen molar-refractivity contribution in [2.75, 3.05) is 25.6 Å². The number of methoxy groups -OCH3 is 1. The van der Waals surface area contributed by atoms with Crippen LogP contribution in [0.4, 0.5) is 5.00 Å². The SMILES string of the molecule is CCOC(=O)c1sc(NC(=O)c2cc(Cl)c(OCC(C)C)c(OC)c2)c(C#N)c1C. The quantitative estimate of drug-likeness (QED) is 0.565. The van der Waals surface area contributed by atoms with E-state index in [1.807, 2.05) is 19.9 Å². The topological polar surface area (TPSA) is 97.7 Å². The van der Waals surface area contributed by atoms with Crippen LogP contribution >= 0.6 is 22.9 Å². The van der Waals surface area contributed by atoms with Gasteiger partial charge in [-0.1, -0.05) is 25.4 Å². The summed E-state index contributed by atoms with van der Waals surface area (Å²) in [6, 6.07) is 5.00. The Balaban J connectivity index is 2.34. The predicted octanol–water partition coefficient (Wildman–Crippen LogP) is 5.05. The molecule has 0 unspecified atom stereocenters. The standard InChI is InChI=1S/C21H23ClN2O5S/c1-6-28-21(26)18-12(4)14(9-23)20(30-18)24-19(25)13-7-15(22)17(16(8-13)27-5)29-10-11(2)3/h7-8,11H,6,10H2,1-5H3,(H,24,25). The number of thiophene rings is 1. The third-order valence-electron chi connectivity index (χ3n) is 4.00. The third-order valence-corrected chi connectivity index (χ3v) is 5.47. The smallest absolute Gasteiger partial charge is 0.348 e. The van der Waals surface area contributed by atoms with E-state index in [1.165, 1.54) is 19.2 Å². The molecule has 0 aliphatic rings. The lowest BCUT2D eigenvalue weighted by molar-refractivity contribution is 0.0531. The minimum atomic E-state index is -0.534. The van der Waals surface area contributed by atoms with Crippen LogP contribution in [-0.2, 0) is 4.74 Å². The zero-order valence-electron chi connectivity index (χ0n) is 17.4. The second-order valence-corrected chi connectivity index (χ2v) is 8.17. The van der Waals surface area contributed by atoms with Crippen molar-refractivity contribution in [2.45, 2.75) is 27.7 Å². The van der Waals surface area contributed by atoms with Crippen LogP contribution in [0, 0.1) is 24.2 Å². The van der Waals surface area contributed by atoms with Crippen LogP contribution in [0.1, 0.15) is 51.9 Å². The summed E-state index contributed by atoms with van der Waals surface area (Å²) in [6.07, 6.45) is 0. The number of amides is 1. The molecule has 0 radical (unpaired) electrons. The van der Waals surface area contributed by atoms with Crippen molar-refractivity contribution in [2.24, 2.45) is 5.92 Å². The second kappa shape index (κ2) is 10.3. The lowest BCUT2D eigenvalue weighted by atomic mass is 10.1. The van der Waals surface area contributed by atoms with Crippen molar-refractivity contribution < 1.29 is 23.8 Å². The fourth-order valence-electron chi connectivity index (χ4n) is 2.54. The van der Waals surface area contributed by atoms with Crippen molar-refractivity contribution in [1.29, 1.82) is 5.26 Å². The molecule has 7 nitrogen and oxygen atoms in total. The molecular formula is C21H23ClN2O5S. The first-order chi connectivity index (χ1) is 14.2. The number of esters is 1. The van der Waals surface area contributed by atoms with E-state index in [2.05, 4.69) is 5.32 Å². The van der Waals surface area contributed by atoms with Crippen LogP contribution < -0.4 is 14.8 Å². The fraction of sp³-hybridized carbons (Fsp3) is 0.381. The number of nitriles is 1. The van der Waals surface area contributed by atoms with Crippen LogP contribution in [0.25, 0.3) is 0 Å². The van der Waals surface area contributed by atoms with E-state index in [0.717, 1.165) is 11.3 Å². The van der Waals surface area contributed by atoms with E-state index in [4.69, 9.17) is 25.8 Å². The number of carbonyl (C=O) groups excluding carboxylic acids is 2. The molecule has 0 bridgehead atoms. The zero-order valence-corrected chi connectivity index (χ0v) is 19.0. The highest BCUT2D eigenvalue weighted by atomic mass is 35.5. The van der Waals surface area contributed by atoms with Gasteiger partial charge in [0.05, 0.1) is 30.9 Å². The molecule has 0 saturated heterocycles. The lowest BCUT2D eigenvalue weighted by Crippen LogP contribution is -2.13. The average molecular weight is 451 g/mol. The van der Waals surface area contributed by atoms with E-state index in [-0.39, 0.29) is 38.6 Å². The van der Waals surface area contributed by atoms with Gasteiger partial charge in [-0.2, -0.15) is 5.26 Å². The van der Waals surface area contributed by atoms with Crippen molar-refractivity contribution in [3.8, 4) is 17.6 Å². The fourth-order valence-corrected chi connectivity index (χ4v) is 3.86. The maximum atomic E-state index is 12.8. The number of hydrogen-bond donors (Lipinski definition) is 1. The molecule has 30 heavy (non-hydrogen) atoms. The summed E-state index contributed by atoms with van der Waals surface area (Å²) in [5.41, 5.74) is 0.900. The minimum Gasteiger partial charge on any atom is -0.493 e. The number of anilines is 1. The number of carbonyl (C=O) groups is 2. The summed E-state index contributed by atoms with van der Waals surface area (Å²) < 4.78 is 16.0. The number of nitrogens with zero attached hydrogens (tertiary/aromatic N) is 1. The van der Waals surface area contributed by atoms with Gasteiger partial charge in [0, 0.05) is 5.56 Å². The van der Waals surface area contributed by atoms with E-state index in [0.29, 0.717) is 23.7 Å². The number of nitrogens with one attached hydrogen (secondary N) is 1. The second-order valence-electron chi connectivity index (χ2n) is 6.74. The Morgan fingerprint density at radius 2 is 2.03 bits per heavy atom. The molecule has 9 heteroatoms. The number of benzene rings is 1. The molecule has 1 aromatic heterocycles. The highest BCUT2D eigenvalue weighted by molar-refractivity contribution is 7.18. The molecule has 0 spiro atoms. The van der Waals surface area contributed by atoms with E-state index in [9.17, 15) is 14.9 Å². The zero-order chi connectivity index (χ0) is 22.4. The van der Waals surface area contributed by atoms with Gasteiger partial charge in [-0.25, -0.2) is 4.79 Å². The molecule has 1 aromatic carbocycles. The van der Waals surface area contributed by atoms with Crippen molar-refractivity contribution in [3.05, 3.63) is 38.7 Å². The van der Waals surface area contributed by atoms with Gasteiger partial charge in [-0.3, -0.25) is 4.79 Å². The highest BCUT2D eigenvalue weighted by Gasteiger charge is 2.23. The monoisotopic (exact) mass is 450 g/mol. The van der Waals surface area contributed by atoms with Gasteiger partial charge < -0.3 is 19.5 Å². The van der Waals surface area contributed by atoms with E-state index >= 15 is 0 Å². The summed E-state index contributed by atoms with van der Waals surface area (Å²) >= 11 is 7.30. The number of hydrogen-bond acceptors (Lipinski definition) is 7. The molecule has 1 N–H and O–H groups in total. The first kappa shape index (κ1) is 23.5. The van der Waals surface area contributed by atoms with Crippen molar-refractivity contribution >= 4 is 39.8 Å². The van der Waals surface area contributed by atoms with E-state index < -0.39 is 11.9 Å². The molecule has 160 valence electrons. The minimum absolute atomic E-state index is 0.212. The average Bonchev–Trinajstić information content (AvgIpc) is 3.01. The van der Waals surface area contributed by atoms with Crippen LogP contribution in [0.5, 0.6) is 11.5 Å². The number of ether oxygens (including phenoxy) is 3. The Hall–Kier alpha value is -2.76. The van der Waals surface area contributed by atoms with Crippen molar-refractivity contribution in [1.82, 2.24) is 0 Å². The highest BCUT2D eigenvalue weighted by Crippen LogP contribution is 2.38. The summed E-state index contributed by atoms with van der Waals surface area (Å²) in [5, 5.41) is 12.6. The van der Waals surface area contributed by atoms with Gasteiger partial charge in [-0.05, 0) is 37.5 Å². The predicted molar refractivity (Wildman–Crippen MR) is 116 cm³/mol. The van der Waals surface area contributed by atoms with Gasteiger partial charge in [0.2, 0.25) is 0 Å². The molecule has 0 saturated carbocycles. The Kier molecular flexibility index (Phi) is 8.09. The molecule has 0 fully saturated rings. The maximum Gasteiger partial charge on any atom is 0.348 e. The third kappa shape index (κ3) is 5.23. The Morgan fingerprint density at radius 1 is 1.33 bits per heavy atom. The summed E-state index contributed by atoms with van der Waals surface area (Å²) in [6.45, 7) is 7.99. The van der Waals surface area contributed by atoms with Gasteiger partial charge >= 0.3 is 5.97 Å². The van der Waals surface area contributed by atoms with Gasteiger partial charge in [-0.15, -0.1) is 11.3 Å². The molecular weight excluding hydrogens is 428 g/mol. The molecule has 2 aromatic rings. The van der Waals surface area contributed by atoms with Crippen molar-refractivity contribution in [3.63, 3.8) is 0 Å². The summed E-state index contributed by atoms with van der Waals surface area (Å²) in [4.78, 5) is 25.2. The number of rotatable bonds is 8. The van der Waals surface area contributed by atoms with Crippen LogP contribution in [0.2, 0.25) is 5.02 Å². The number of halogens is 1. The summed E-state index contributed by atoms with van der Waals surface area (Å²) in [5.74, 6) is -0.0666. The first-order valence-corrected chi connectivity index (χ1v) is 10.4. The normalized spacial score (nSPS) is 10.5. The lowest BCUT2D eigenvalue weighted by Gasteiger charge is -2.15. The molecule has 1 heterocycles. The van der Waals surface area contributed by atoms with Gasteiger partial charge in [0.1, 0.15) is 15.9 Å². The van der Waals surface area contributed by atoms with E-state index in [1.54, 1.807) is 13.8 Å².